The molecule has 0 aliphatic rings. The smallest absolute Gasteiger partial charge is 0.265 e. The molecule has 2 aromatic carbocycles. The summed E-state index contributed by atoms with van der Waals surface area (Å²) >= 11 is 1.35. The average molecular weight is 412 g/mol. The fourth-order valence-electron chi connectivity index (χ4n) is 2.73. The van der Waals surface area contributed by atoms with Crippen LogP contribution in [0.2, 0.25) is 0 Å². The summed E-state index contributed by atoms with van der Waals surface area (Å²) in [6.45, 7) is 0. The van der Waals surface area contributed by atoms with E-state index in [1.165, 1.54) is 32.7 Å². The molecule has 0 bridgehead atoms. The van der Waals surface area contributed by atoms with Crippen molar-refractivity contribution in [2.24, 2.45) is 0 Å². The van der Waals surface area contributed by atoms with Crippen LogP contribution in [0.25, 0.3) is 0 Å². The Kier molecular flexibility index (Phi) is 6.36. The second-order valence-corrected chi connectivity index (χ2v) is 6.79. The van der Waals surface area contributed by atoms with Gasteiger partial charge in [0.05, 0.1) is 31.9 Å². The van der Waals surface area contributed by atoms with Gasteiger partial charge in [0.15, 0.2) is 0 Å². The van der Waals surface area contributed by atoms with Crippen molar-refractivity contribution in [3.8, 4) is 17.2 Å². The number of benzene rings is 2. The highest BCUT2D eigenvalue weighted by Crippen LogP contribution is 2.32. The quantitative estimate of drug-likeness (QED) is 0.605. The lowest BCUT2D eigenvalue weighted by atomic mass is 10.1. The molecule has 0 radical (unpaired) electrons. The minimum atomic E-state index is -0.392. The van der Waals surface area contributed by atoms with Crippen molar-refractivity contribution in [1.82, 2.24) is 0 Å². The van der Waals surface area contributed by atoms with E-state index < -0.39 is 5.91 Å². The van der Waals surface area contributed by atoms with Crippen LogP contribution in [0.5, 0.6) is 17.2 Å². The lowest BCUT2D eigenvalue weighted by Gasteiger charge is -2.15. The maximum Gasteiger partial charge on any atom is 0.265 e. The summed E-state index contributed by atoms with van der Waals surface area (Å²) in [5.74, 6) is 0.590. The maximum atomic E-state index is 12.8. The Labute approximate surface area is 172 Å². The Morgan fingerprint density at radius 1 is 0.793 bits per heavy atom. The number of hydrogen-bond acceptors (Lipinski definition) is 6. The maximum absolute atomic E-state index is 12.8. The van der Waals surface area contributed by atoms with Crippen LogP contribution in [-0.2, 0) is 0 Å². The largest absolute Gasteiger partial charge is 0.496 e. The second-order valence-electron chi connectivity index (χ2n) is 5.84. The fraction of sp³-hybridized carbons (Fsp3) is 0.143. The predicted molar refractivity (Wildman–Crippen MR) is 113 cm³/mol. The monoisotopic (exact) mass is 412 g/mol. The van der Waals surface area contributed by atoms with Crippen LogP contribution in [0.4, 0.5) is 11.4 Å². The lowest BCUT2D eigenvalue weighted by Crippen LogP contribution is -2.15. The number of thiophene rings is 1. The molecule has 0 saturated heterocycles. The van der Waals surface area contributed by atoms with Gasteiger partial charge in [0.25, 0.3) is 11.8 Å². The first-order valence-electron chi connectivity index (χ1n) is 8.62. The zero-order chi connectivity index (χ0) is 20.8. The van der Waals surface area contributed by atoms with E-state index in [4.69, 9.17) is 14.2 Å². The van der Waals surface area contributed by atoms with Crippen LogP contribution in [0, 0.1) is 0 Å². The molecule has 29 heavy (non-hydrogen) atoms. The molecule has 0 spiro atoms. The molecule has 0 saturated carbocycles. The van der Waals surface area contributed by atoms with Gasteiger partial charge in [-0.3, -0.25) is 9.59 Å². The topological polar surface area (TPSA) is 85.9 Å². The van der Waals surface area contributed by atoms with Gasteiger partial charge in [0.1, 0.15) is 22.8 Å². The van der Waals surface area contributed by atoms with Crippen molar-refractivity contribution in [2.45, 2.75) is 0 Å². The van der Waals surface area contributed by atoms with Crippen LogP contribution in [0.1, 0.15) is 20.0 Å². The zero-order valence-electron chi connectivity index (χ0n) is 16.1. The van der Waals surface area contributed by atoms with Crippen molar-refractivity contribution in [2.75, 3.05) is 32.0 Å². The molecule has 7 nitrogen and oxygen atoms in total. The number of hydrogen-bond donors (Lipinski definition) is 2. The van der Waals surface area contributed by atoms with Crippen molar-refractivity contribution in [1.29, 1.82) is 0 Å². The van der Waals surface area contributed by atoms with E-state index in [1.54, 1.807) is 42.5 Å². The predicted octanol–water partition coefficient (Wildman–Crippen LogP) is 4.28. The van der Waals surface area contributed by atoms with E-state index in [2.05, 4.69) is 10.6 Å². The summed E-state index contributed by atoms with van der Waals surface area (Å²) in [4.78, 5) is 25.7. The summed E-state index contributed by atoms with van der Waals surface area (Å²) in [6.07, 6.45) is 0. The second kappa shape index (κ2) is 9.11. The normalized spacial score (nSPS) is 10.2. The standard InChI is InChI=1S/C21H20N2O5S/c1-26-15-6-4-7-16(27-2)19(15)21(25)22-13-9-10-14(17(12-13)28-3)23-20(24)18-8-5-11-29-18/h4-12H,1-3H3,(H,22,25)(H,23,24). The summed E-state index contributed by atoms with van der Waals surface area (Å²) in [5.41, 5.74) is 1.28. The number of anilines is 2. The van der Waals surface area contributed by atoms with Gasteiger partial charge in [-0.1, -0.05) is 12.1 Å². The molecule has 2 amide bonds. The summed E-state index contributed by atoms with van der Waals surface area (Å²) in [7, 11) is 4.46. The number of rotatable bonds is 7. The third-order valence-corrected chi connectivity index (χ3v) is 4.98. The van der Waals surface area contributed by atoms with Crippen molar-refractivity contribution in [3.05, 3.63) is 64.4 Å². The molecule has 0 aliphatic heterocycles. The molecule has 1 aromatic heterocycles. The Balaban J connectivity index is 1.82. The molecule has 1 heterocycles. The molecule has 0 aliphatic carbocycles. The molecule has 3 aromatic rings. The van der Waals surface area contributed by atoms with Crippen molar-refractivity contribution < 1.29 is 23.8 Å². The Bertz CT molecular complexity index is 996. The van der Waals surface area contributed by atoms with E-state index in [-0.39, 0.29) is 11.5 Å². The number of methoxy groups -OCH3 is 3. The molecular weight excluding hydrogens is 392 g/mol. The SMILES string of the molecule is COc1cc(NC(=O)c2c(OC)cccc2OC)ccc1NC(=O)c1cccs1. The third kappa shape index (κ3) is 4.49. The van der Waals surface area contributed by atoms with Crippen LogP contribution < -0.4 is 24.8 Å². The Morgan fingerprint density at radius 3 is 2.07 bits per heavy atom. The van der Waals surface area contributed by atoms with E-state index in [0.29, 0.717) is 33.5 Å². The van der Waals surface area contributed by atoms with E-state index in [1.807, 2.05) is 11.4 Å². The van der Waals surface area contributed by atoms with Gasteiger partial charge >= 0.3 is 0 Å². The van der Waals surface area contributed by atoms with E-state index in [0.717, 1.165) is 0 Å². The van der Waals surface area contributed by atoms with Gasteiger partial charge in [-0.25, -0.2) is 0 Å². The van der Waals surface area contributed by atoms with Crippen molar-refractivity contribution >= 4 is 34.5 Å². The van der Waals surface area contributed by atoms with Gasteiger partial charge in [0, 0.05) is 11.8 Å². The summed E-state index contributed by atoms with van der Waals surface area (Å²) in [5, 5.41) is 7.44. The van der Waals surface area contributed by atoms with Crippen LogP contribution in [0.15, 0.2) is 53.9 Å². The minimum absolute atomic E-state index is 0.228. The molecule has 0 fully saturated rings. The number of carbonyl (C=O) groups excluding carboxylic acids is 2. The average Bonchev–Trinajstić information content (AvgIpc) is 3.29. The van der Waals surface area contributed by atoms with Crippen LogP contribution in [-0.4, -0.2) is 33.1 Å². The minimum Gasteiger partial charge on any atom is -0.496 e. The van der Waals surface area contributed by atoms with E-state index in [9.17, 15) is 9.59 Å². The number of carbonyl (C=O) groups is 2. The lowest BCUT2D eigenvalue weighted by molar-refractivity contribution is 0.101. The van der Waals surface area contributed by atoms with Crippen molar-refractivity contribution in [3.63, 3.8) is 0 Å². The molecule has 3 rings (SSSR count). The number of amides is 2. The van der Waals surface area contributed by atoms with Crippen LogP contribution >= 0.6 is 11.3 Å². The fourth-order valence-corrected chi connectivity index (χ4v) is 3.35. The molecule has 8 heteroatoms. The van der Waals surface area contributed by atoms with E-state index >= 15 is 0 Å². The van der Waals surface area contributed by atoms with Gasteiger partial charge in [-0.05, 0) is 35.7 Å². The highest BCUT2D eigenvalue weighted by atomic mass is 32.1. The first-order valence-corrected chi connectivity index (χ1v) is 9.50. The molecule has 0 atom stereocenters. The van der Waals surface area contributed by atoms with Gasteiger partial charge in [-0.15, -0.1) is 11.3 Å². The first-order chi connectivity index (χ1) is 14.1. The van der Waals surface area contributed by atoms with Crippen LogP contribution in [0.3, 0.4) is 0 Å². The first kappa shape index (κ1) is 20.2. The summed E-state index contributed by atoms with van der Waals surface area (Å²) in [6, 6.07) is 13.6. The van der Waals surface area contributed by atoms with Gasteiger partial charge in [0.2, 0.25) is 0 Å². The Hall–Kier alpha value is -3.52. The Morgan fingerprint density at radius 2 is 1.48 bits per heavy atom. The summed E-state index contributed by atoms with van der Waals surface area (Å²) < 4.78 is 15.9. The molecule has 150 valence electrons. The number of ether oxygens (including phenoxy) is 3. The van der Waals surface area contributed by atoms with Gasteiger partial charge in [-0.2, -0.15) is 0 Å². The zero-order valence-corrected chi connectivity index (χ0v) is 17.0. The van der Waals surface area contributed by atoms with Gasteiger partial charge < -0.3 is 24.8 Å². The number of nitrogens with one attached hydrogen (secondary N) is 2. The molecule has 2 N–H and O–H groups in total. The third-order valence-electron chi connectivity index (χ3n) is 4.11. The molecular formula is C21H20N2O5S. The highest BCUT2D eigenvalue weighted by molar-refractivity contribution is 7.12. The highest BCUT2D eigenvalue weighted by Gasteiger charge is 2.19. The molecule has 0 unspecified atom stereocenters.